The van der Waals surface area contributed by atoms with Crippen molar-refractivity contribution in [3.05, 3.63) is 53.1 Å². The summed E-state index contributed by atoms with van der Waals surface area (Å²) in [5, 5.41) is 0. The summed E-state index contributed by atoms with van der Waals surface area (Å²) in [6, 6.07) is 11.6. The van der Waals surface area contributed by atoms with Crippen LogP contribution in [0.5, 0.6) is 11.5 Å². The molecule has 0 radical (unpaired) electrons. The first kappa shape index (κ1) is 14.4. The third-order valence-electron chi connectivity index (χ3n) is 4.32. The van der Waals surface area contributed by atoms with Crippen molar-refractivity contribution in [2.45, 2.75) is 12.8 Å². The van der Waals surface area contributed by atoms with E-state index in [0.717, 1.165) is 16.8 Å². The zero-order valence-electron chi connectivity index (χ0n) is 13.2. The molecule has 1 atom stereocenters. The summed E-state index contributed by atoms with van der Waals surface area (Å²) in [6.07, 6.45) is 0. The first-order valence-corrected chi connectivity index (χ1v) is 7.22. The number of fused-ring (bicyclic) bond motifs is 2. The predicted molar refractivity (Wildman–Crippen MR) is 86.2 cm³/mol. The molecule has 0 fully saturated rings. The van der Waals surface area contributed by atoms with Crippen LogP contribution in [0.15, 0.2) is 36.4 Å². The number of rotatable bonds is 2. The molecule has 0 aromatic heterocycles. The van der Waals surface area contributed by atoms with Gasteiger partial charge >= 0.3 is 0 Å². The standard InChI is InChI=1S/C18H19NO3/c1-11-12-7-5-6-8-13(12)19(2)18(20)17-15(22-4)10-9-14(21-3)16(11)17/h5-11H,1-4H3. The van der Waals surface area contributed by atoms with Gasteiger partial charge in [-0.25, -0.2) is 0 Å². The number of hydrogen-bond acceptors (Lipinski definition) is 3. The minimum absolute atomic E-state index is 0.0325. The second-order valence-corrected chi connectivity index (χ2v) is 5.40. The third kappa shape index (κ3) is 1.95. The van der Waals surface area contributed by atoms with E-state index in [2.05, 4.69) is 13.0 Å². The van der Waals surface area contributed by atoms with E-state index in [-0.39, 0.29) is 11.8 Å². The van der Waals surface area contributed by atoms with E-state index in [1.165, 1.54) is 0 Å². The van der Waals surface area contributed by atoms with Crippen molar-refractivity contribution in [1.82, 2.24) is 0 Å². The van der Waals surface area contributed by atoms with Crippen molar-refractivity contribution in [3.63, 3.8) is 0 Å². The number of hydrogen-bond donors (Lipinski definition) is 0. The molecule has 1 aliphatic rings. The van der Waals surface area contributed by atoms with E-state index in [1.54, 1.807) is 32.2 Å². The van der Waals surface area contributed by atoms with Gasteiger partial charge in [-0.3, -0.25) is 4.79 Å². The first-order valence-electron chi connectivity index (χ1n) is 7.22. The van der Waals surface area contributed by atoms with Gasteiger partial charge in [-0.2, -0.15) is 0 Å². The Kier molecular flexibility index (Phi) is 3.53. The van der Waals surface area contributed by atoms with Crippen molar-refractivity contribution >= 4 is 11.6 Å². The Bertz CT molecular complexity index is 739. The average molecular weight is 297 g/mol. The molecule has 0 saturated carbocycles. The maximum absolute atomic E-state index is 13.0. The molecule has 114 valence electrons. The summed E-state index contributed by atoms with van der Waals surface area (Å²) in [4.78, 5) is 14.7. The minimum atomic E-state index is -0.0810. The fraction of sp³-hybridized carbons (Fsp3) is 0.278. The van der Waals surface area contributed by atoms with E-state index in [9.17, 15) is 4.79 Å². The lowest BCUT2D eigenvalue weighted by Crippen LogP contribution is -2.26. The average Bonchev–Trinajstić information content (AvgIpc) is 2.65. The van der Waals surface area contributed by atoms with Gasteiger partial charge in [-0.15, -0.1) is 0 Å². The van der Waals surface area contributed by atoms with E-state index >= 15 is 0 Å². The molecular weight excluding hydrogens is 278 g/mol. The molecule has 0 aliphatic carbocycles. The summed E-state index contributed by atoms with van der Waals surface area (Å²) in [5.41, 5.74) is 3.47. The van der Waals surface area contributed by atoms with Crippen LogP contribution in [-0.2, 0) is 0 Å². The van der Waals surface area contributed by atoms with Gasteiger partial charge < -0.3 is 14.4 Å². The number of para-hydroxylation sites is 1. The number of carbonyl (C=O) groups is 1. The van der Waals surface area contributed by atoms with Gasteiger partial charge in [0.15, 0.2) is 0 Å². The lowest BCUT2D eigenvalue weighted by atomic mass is 9.88. The van der Waals surface area contributed by atoms with E-state index in [4.69, 9.17) is 9.47 Å². The van der Waals surface area contributed by atoms with Crippen molar-refractivity contribution in [1.29, 1.82) is 0 Å². The van der Waals surface area contributed by atoms with Gasteiger partial charge in [0.1, 0.15) is 11.5 Å². The van der Waals surface area contributed by atoms with Gasteiger partial charge in [0.25, 0.3) is 5.91 Å². The number of ether oxygens (including phenoxy) is 2. The molecule has 1 unspecified atom stereocenters. The molecule has 4 nitrogen and oxygen atoms in total. The van der Waals surface area contributed by atoms with Crippen molar-refractivity contribution < 1.29 is 14.3 Å². The maximum atomic E-state index is 13.0. The monoisotopic (exact) mass is 297 g/mol. The van der Waals surface area contributed by atoms with Crippen LogP contribution in [0.3, 0.4) is 0 Å². The van der Waals surface area contributed by atoms with Crippen molar-refractivity contribution in [3.8, 4) is 11.5 Å². The third-order valence-corrected chi connectivity index (χ3v) is 4.32. The number of benzene rings is 2. The van der Waals surface area contributed by atoms with Crippen molar-refractivity contribution in [2.24, 2.45) is 0 Å². The van der Waals surface area contributed by atoms with Gasteiger partial charge in [0.05, 0.1) is 19.8 Å². The Balaban J connectivity index is 2.38. The molecule has 1 heterocycles. The lowest BCUT2D eigenvalue weighted by Gasteiger charge is -2.19. The summed E-state index contributed by atoms with van der Waals surface area (Å²) >= 11 is 0. The van der Waals surface area contributed by atoms with E-state index in [0.29, 0.717) is 17.1 Å². The molecule has 1 aliphatic heterocycles. The Hall–Kier alpha value is -2.49. The Labute approximate surface area is 130 Å². The van der Waals surface area contributed by atoms with Gasteiger partial charge in [0.2, 0.25) is 0 Å². The molecule has 22 heavy (non-hydrogen) atoms. The Morgan fingerprint density at radius 3 is 2.32 bits per heavy atom. The quantitative estimate of drug-likeness (QED) is 0.852. The molecular formula is C18H19NO3. The molecule has 0 spiro atoms. The van der Waals surface area contributed by atoms with Crippen LogP contribution in [0.25, 0.3) is 0 Å². The highest BCUT2D eigenvalue weighted by Gasteiger charge is 2.33. The molecule has 3 rings (SSSR count). The Morgan fingerprint density at radius 1 is 1.00 bits per heavy atom. The molecule has 2 aromatic rings. The summed E-state index contributed by atoms with van der Waals surface area (Å²) in [7, 11) is 5.00. The van der Waals surface area contributed by atoms with Crippen LogP contribution in [0.1, 0.15) is 34.3 Å². The second kappa shape index (κ2) is 5.37. The van der Waals surface area contributed by atoms with Gasteiger partial charge in [-0.1, -0.05) is 25.1 Å². The van der Waals surface area contributed by atoms with Crippen molar-refractivity contribution in [2.75, 3.05) is 26.2 Å². The fourth-order valence-electron chi connectivity index (χ4n) is 3.17. The largest absolute Gasteiger partial charge is 0.496 e. The van der Waals surface area contributed by atoms with Gasteiger partial charge in [-0.05, 0) is 23.8 Å². The molecule has 0 N–H and O–H groups in total. The number of nitrogens with zero attached hydrogens (tertiary/aromatic N) is 1. The number of carbonyl (C=O) groups excluding carboxylic acids is 1. The number of methoxy groups -OCH3 is 2. The lowest BCUT2D eigenvalue weighted by molar-refractivity contribution is 0.0989. The first-order chi connectivity index (χ1) is 10.6. The topological polar surface area (TPSA) is 38.8 Å². The zero-order valence-corrected chi connectivity index (χ0v) is 13.2. The minimum Gasteiger partial charge on any atom is -0.496 e. The second-order valence-electron chi connectivity index (χ2n) is 5.40. The smallest absolute Gasteiger partial charge is 0.262 e. The number of anilines is 1. The van der Waals surface area contributed by atoms with Gasteiger partial charge in [0, 0.05) is 24.2 Å². The summed E-state index contributed by atoms with van der Waals surface area (Å²) < 4.78 is 10.9. The zero-order chi connectivity index (χ0) is 15.9. The normalized spacial score (nSPS) is 16.6. The SMILES string of the molecule is COc1ccc(OC)c2c1C(=O)N(C)c1ccccc1C2C. The molecule has 4 heteroatoms. The Morgan fingerprint density at radius 2 is 1.64 bits per heavy atom. The molecule has 0 saturated heterocycles. The summed E-state index contributed by atoms with van der Waals surface area (Å²) in [6.45, 7) is 2.09. The molecule has 1 amide bonds. The molecule has 0 bridgehead atoms. The highest BCUT2D eigenvalue weighted by atomic mass is 16.5. The van der Waals surface area contributed by atoms with Crippen LogP contribution in [0, 0.1) is 0 Å². The van der Waals surface area contributed by atoms with Crippen LogP contribution < -0.4 is 14.4 Å². The number of amides is 1. The predicted octanol–water partition coefficient (Wildman–Crippen LogP) is 3.45. The summed E-state index contributed by atoms with van der Waals surface area (Å²) in [5.74, 6) is 1.24. The maximum Gasteiger partial charge on any atom is 0.262 e. The molecule has 2 aromatic carbocycles. The highest BCUT2D eigenvalue weighted by Crippen LogP contribution is 2.44. The van der Waals surface area contributed by atoms with E-state index < -0.39 is 0 Å². The fourth-order valence-corrected chi connectivity index (χ4v) is 3.17. The van der Waals surface area contributed by atoms with Crippen LogP contribution in [0.2, 0.25) is 0 Å². The van der Waals surface area contributed by atoms with Crippen LogP contribution in [0.4, 0.5) is 5.69 Å². The van der Waals surface area contributed by atoms with Crippen LogP contribution >= 0.6 is 0 Å². The van der Waals surface area contributed by atoms with Crippen LogP contribution in [-0.4, -0.2) is 27.2 Å². The van der Waals surface area contributed by atoms with E-state index in [1.807, 2.05) is 24.3 Å². The highest BCUT2D eigenvalue weighted by molar-refractivity contribution is 6.10.